The van der Waals surface area contributed by atoms with Gasteiger partial charge in [0.05, 0.1) is 20.3 Å². The molecule has 0 heterocycles. The molecule has 0 aliphatic rings. The van der Waals surface area contributed by atoms with Crippen LogP contribution in [0.2, 0.25) is 0 Å². The van der Waals surface area contributed by atoms with E-state index in [1.165, 1.54) is 0 Å². The molecular formula is C20H24N2O5. The Labute approximate surface area is 158 Å². The van der Waals surface area contributed by atoms with E-state index in [1.807, 2.05) is 24.3 Å². The molecule has 2 aromatic carbocycles. The molecule has 7 nitrogen and oxygen atoms in total. The molecule has 0 fully saturated rings. The predicted octanol–water partition coefficient (Wildman–Crippen LogP) is 1.77. The van der Waals surface area contributed by atoms with Crippen LogP contribution in [0.3, 0.4) is 0 Å². The van der Waals surface area contributed by atoms with Crippen LogP contribution in [-0.2, 0) is 16.1 Å². The maximum absolute atomic E-state index is 12.0. The Kier molecular flexibility index (Phi) is 8.12. The summed E-state index contributed by atoms with van der Waals surface area (Å²) in [5, 5.41) is 5.35. The molecule has 0 radical (unpaired) electrons. The molecule has 144 valence electrons. The Morgan fingerprint density at radius 3 is 2.41 bits per heavy atom. The Hall–Kier alpha value is -3.06. The number of amides is 2. The van der Waals surface area contributed by atoms with Crippen LogP contribution in [0.25, 0.3) is 0 Å². The highest BCUT2D eigenvalue weighted by atomic mass is 16.5. The van der Waals surface area contributed by atoms with E-state index in [4.69, 9.17) is 14.2 Å². The summed E-state index contributed by atoms with van der Waals surface area (Å²) in [5.41, 5.74) is 1.37. The van der Waals surface area contributed by atoms with Crippen molar-refractivity contribution in [3.63, 3.8) is 0 Å². The second kappa shape index (κ2) is 10.8. The van der Waals surface area contributed by atoms with Gasteiger partial charge in [-0.15, -0.1) is 0 Å². The van der Waals surface area contributed by atoms with Crippen molar-refractivity contribution < 1.29 is 23.8 Å². The maximum atomic E-state index is 12.0. The number of carbonyl (C=O) groups excluding carboxylic acids is 2. The van der Waals surface area contributed by atoms with Gasteiger partial charge in [0.1, 0.15) is 18.1 Å². The summed E-state index contributed by atoms with van der Waals surface area (Å²) in [7, 11) is 3.17. The summed E-state index contributed by atoms with van der Waals surface area (Å²) in [6, 6.07) is 14.1. The first kappa shape index (κ1) is 20.3. The van der Waals surface area contributed by atoms with Crippen molar-refractivity contribution >= 4 is 11.8 Å². The lowest BCUT2D eigenvalue weighted by Gasteiger charge is -2.09. The molecule has 0 aliphatic carbocycles. The van der Waals surface area contributed by atoms with Gasteiger partial charge < -0.3 is 24.8 Å². The molecule has 7 heteroatoms. The van der Waals surface area contributed by atoms with Crippen LogP contribution in [0.1, 0.15) is 15.9 Å². The molecule has 2 amide bonds. The number of benzene rings is 2. The average molecular weight is 372 g/mol. The summed E-state index contributed by atoms with van der Waals surface area (Å²) >= 11 is 0. The minimum Gasteiger partial charge on any atom is -0.497 e. The summed E-state index contributed by atoms with van der Waals surface area (Å²) in [4.78, 5) is 24.0. The molecule has 0 aliphatic heterocycles. The van der Waals surface area contributed by atoms with E-state index in [-0.39, 0.29) is 18.4 Å². The van der Waals surface area contributed by atoms with E-state index >= 15 is 0 Å². The van der Waals surface area contributed by atoms with Gasteiger partial charge in [-0.05, 0) is 42.0 Å². The highest BCUT2D eigenvalue weighted by Gasteiger charge is 2.08. The zero-order valence-corrected chi connectivity index (χ0v) is 15.5. The van der Waals surface area contributed by atoms with Crippen molar-refractivity contribution in [3.05, 3.63) is 59.7 Å². The Balaban J connectivity index is 1.75. The number of carbonyl (C=O) groups is 2. The fraction of sp³-hybridized carbons (Fsp3) is 0.300. The van der Waals surface area contributed by atoms with E-state index in [0.29, 0.717) is 36.8 Å². The molecule has 0 unspecified atom stereocenters. The van der Waals surface area contributed by atoms with Crippen LogP contribution >= 0.6 is 0 Å². The number of rotatable bonds is 10. The van der Waals surface area contributed by atoms with E-state index < -0.39 is 0 Å². The fourth-order valence-electron chi connectivity index (χ4n) is 2.26. The van der Waals surface area contributed by atoms with E-state index in [0.717, 1.165) is 5.56 Å². The normalized spacial score (nSPS) is 10.1. The Morgan fingerprint density at radius 1 is 0.926 bits per heavy atom. The number of hydrogen-bond donors (Lipinski definition) is 2. The molecule has 0 spiro atoms. The zero-order valence-electron chi connectivity index (χ0n) is 15.5. The zero-order chi connectivity index (χ0) is 19.5. The molecule has 0 atom stereocenters. The van der Waals surface area contributed by atoms with Crippen molar-refractivity contribution in [2.75, 3.05) is 34.0 Å². The average Bonchev–Trinajstić information content (AvgIpc) is 2.71. The third kappa shape index (κ3) is 6.99. The minimum absolute atomic E-state index is 0.102. The second-order valence-corrected chi connectivity index (χ2v) is 5.68. The van der Waals surface area contributed by atoms with Crippen molar-refractivity contribution in [3.8, 4) is 11.5 Å². The molecular weight excluding hydrogens is 348 g/mol. The lowest BCUT2D eigenvalue weighted by molar-refractivity contribution is -0.120. The van der Waals surface area contributed by atoms with Gasteiger partial charge in [0.2, 0.25) is 5.91 Å². The van der Waals surface area contributed by atoms with Crippen LogP contribution in [0.4, 0.5) is 0 Å². The first-order valence-electron chi connectivity index (χ1n) is 8.52. The maximum Gasteiger partial charge on any atom is 0.251 e. The Bertz CT molecular complexity index is 746. The van der Waals surface area contributed by atoms with Gasteiger partial charge in [-0.1, -0.05) is 12.1 Å². The second-order valence-electron chi connectivity index (χ2n) is 5.68. The molecule has 0 saturated carbocycles. The minimum atomic E-state index is -0.318. The highest BCUT2D eigenvalue weighted by molar-refractivity contribution is 5.96. The lowest BCUT2D eigenvalue weighted by atomic mass is 10.2. The molecule has 2 rings (SSSR count). The number of ether oxygens (including phenoxy) is 3. The summed E-state index contributed by atoms with van der Waals surface area (Å²) in [6.45, 7) is 1.21. The van der Waals surface area contributed by atoms with Gasteiger partial charge in [-0.2, -0.15) is 0 Å². The molecule has 0 aromatic heterocycles. The molecule has 2 aromatic rings. The largest absolute Gasteiger partial charge is 0.497 e. The van der Waals surface area contributed by atoms with Gasteiger partial charge in [0.15, 0.2) is 0 Å². The number of hydrogen-bond acceptors (Lipinski definition) is 5. The standard InChI is InChI=1S/C20H24N2O5/c1-25-10-11-27-18-5-3-4-15(12-18)13-21-19(23)14-22-20(24)16-6-8-17(26-2)9-7-16/h3-9,12H,10-11,13-14H2,1-2H3,(H,21,23)(H,22,24). The van der Waals surface area contributed by atoms with Gasteiger partial charge in [0, 0.05) is 19.2 Å². The third-order valence-corrected chi connectivity index (χ3v) is 3.71. The molecule has 27 heavy (non-hydrogen) atoms. The van der Waals surface area contributed by atoms with Gasteiger partial charge in [0.25, 0.3) is 5.91 Å². The smallest absolute Gasteiger partial charge is 0.251 e. The summed E-state index contributed by atoms with van der Waals surface area (Å²) < 4.78 is 15.5. The van der Waals surface area contributed by atoms with Gasteiger partial charge in [-0.25, -0.2) is 0 Å². The van der Waals surface area contributed by atoms with Crippen LogP contribution in [0.5, 0.6) is 11.5 Å². The summed E-state index contributed by atoms with van der Waals surface area (Å²) in [6.07, 6.45) is 0. The van der Waals surface area contributed by atoms with Crippen LogP contribution < -0.4 is 20.1 Å². The van der Waals surface area contributed by atoms with E-state index in [1.54, 1.807) is 38.5 Å². The highest BCUT2D eigenvalue weighted by Crippen LogP contribution is 2.13. The van der Waals surface area contributed by atoms with E-state index in [2.05, 4.69) is 10.6 Å². The molecule has 0 bridgehead atoms. The van der Waals surface area contributed by atoms with Crippen LogP contribution in [0, 0.1) is 0 Å². The van der Waals surface area contributed by atoms with Gasteiger partial charge in [-0.3, -0.25) is 9.59 Å². The monoisotopic (exact) mass is 372 g/mol. The SMILES string of the molecule is COCCOc1cccc(CNC(=O)CNC(=O)c2ccc(OC)cc2)c1. The van der Waals surface area contributed by atoms with Gasteiger partial charge >= 0.3 is 0 Å². The lowest BCUT2D eigenvalue weighted by Crippen LogP contribution is -2.36. The van der Waals surface area contributed by atoms with Crippen LogP contribution in [-0.4, -0.2) is 45.8 Å². The first-order valence-corrected chi connectivity index (χ1v) is 8.52. The third-order valence-electron chi connectivity index (χ3n) is 3.71. The van der Waals surface area contributed by atoms with Crippen molar-refractivity contribution in [2.24, 2.45) is 0 Å². The predicted molar refractivity (Wildman–Crippen MR) is 101 cm³/mol. The van der Waals surface area contributed by atoms with Crippen molar-refractivity contribution in [2.45, 2.75) is 6.54 Å². The number of nitrogens with one attached hydrogen (secondary N) is 2. The first-order chi connectivity index (χ1) is 13.1. The molecule has 0 saturated heterocycles. The van der Waals surface area contributed by atoms with E-state index in [9.17, 15) is 9.59 Å². The van der Waals surface area contributed by atoms with Crippen LogP contribution in [0.15, 0.2) is 48.5 Å². The van der Waals surface area contributed by atoms with Crippen molar-refractivity contribution in [1.82, 2.24) is 10.6 Å². The van der Waals surface area contributed by atoms with Crippen molar-refractivity contribution in [1.29, 1.82) is 0 Å². The topological polar surface area (TPSA) is 85.9 Å². The quantitative estimate of drug-likeness (QED) is 0.621. The fourth-order valence-corrected chi connectivity index (χ4v) is 2.26. The summed E-state index contributed by atoms with van der Waals surface area (Å²) in [5.74, 6) is 0.785. The Morgan fingerprint density at radius 2 is 1.70 bits per heavy atom. The number of methoxy groups -OCH3 is 2. The molecule has 2 N–H and O–H groups in total.